The Labute approximate surface area is 140 Å². The molecule has 0 spiro atoms. The van der Waals surface area contributed by atoms with Gasteiger partial charge in [0, 0.05) is 44.5 Å². The Balaban J connectivity index is 1.53. The zero-order valence-electron chi connectivity index (χ0n) is 13.0. The molecule has 6 nitrogen and oxygen atoms in total. The molecule has 0 aromatic carbocycles. The molecule has 3 rings (SSSR count). The summed E-state index contributed by atoms with van der Waals surface area (Å²) in [5.74, 6) is 1.63. The van der Waals surface area contributed by atoms with Crippen molar-refractivity contribution in [3.8, 4) is 0 Å². The van der Waals surface area contributed by atoms with Gasteiger partial charge in [-0.15, -0.1) is 0 Å². The quantitative estimate of drug-likeness (QED) is 0.663. The smallest absolute Gasteiger partial charge is 0.191 e. The third kappa shape index (κ3) is 3.96. The minimum atomic E-state index is 0.309. The number of nitrogens with one attached hydrogen (secondary N) is 2. The van der Waals surface area contributed by atoms with E-state index in [0.717, 1.165) is 36.9 Å². The van der Waals surface area contributed by atoms with Crippen LogP contribution in [0.1, 0.15) is 12.0 Å². The minimum absolute atomic E-state index is 0.309. The van der Waals surface area contributed by atoms with E-state index in [0.29, 0.717) is 17.6 Å². The average molecular weight is 334 g/mol. The molecule has 0 bridgehead atoms. The maximum absolute atomic E-state index is 6.22. The summed E-state index contributed by atoms with van der Waals surface area (Å²) in [6.07, 6.45) is 6.17. The van der Waals surface area contributed by atoms with Gasteiger partial charge in [-0.05, 0) is 24.6 Å². The summed E-state index contributed by atoms with van der Waals surface area (Å²) in [4.78, 5) is 10.8. The number of hydrogen-bond acceptors (Lipinski definition) is 4. The molecule has 7 heteroatoms. The third-order valence-electron chi connectivity index (χ3n) is 3.83. The van der Waals surface area contributed by atoms with Crippen LogP contribution in [0.15, 0.2) is 46.3 Å². The number of aliphatic imine (C=N–C) groups is 1. The zero-order valence-corrected chi connectivity index (χ0v) is 13.8. The predicted octanol–water partition coefficient (Wildman–Crippen LogP) is 2.27. The number of aromatic nitrogens is 1. The average Bonchev–Trinajstić information content (AvgIpc) is 3.23. The first-order chi connectivity index (χ1) is 11.3. The lowest BCUT2D eigenvalue weighted by Crippen LogP contribution is -2.44. The van der Waals surface area contributed by atoms with Crippen LogP contribution >= 0.6 is 11.6 Å². The van der Waals surface area contributed by atoms with Crippen LogP contribution in [0.25, 0.3) is 0 Å². The van der Waals surface area contributed by atoms with Gasteiger partial charge in [-0.3, -0.25) is 4.99 Å². The molecular formula is C16H20ClN5O. The summed E-state index contributed by atoms with van der Waals surface area (Å²) in [7, 11) is 1.77. The number of furan rings is 1. The van der Waals surface area contributed by atoms with Crippen molar-refractivity contribution in [3.05, 3.63) is 47.5 Å². The van der Waals surface area contributed by atoms with Gasteiger partial charge in [0.25, 0.3) is 0 Å². The van der Waals surface area contributed by atoms with Crippen LogP contribution in [-0.4, -0.2) is 37.1 Å². The lowest BCUT2D eigenvalue weighted by molar-refractivity contribution is 0.562. The molecule has 1 aliphatic rings. The molecule has 0 aliphatic carbocycles. The zero-order chi connectivity index (χ0) is 16.1. The van der Waals surface area contributed by atoms with Crippen LogP contribution in [-0.2, 0) is 6.54 Å². The second-order valence-corrected chi connectivity index (χ2v) is 5.85. The number of rotatable bonds is 4. The summed E-state index contributed by atoms with van der Waals surface area (Å²) >= 11 is 6.22. The van der Waals surface area contributed by atoms with E-state index in [1.807, 2.05) is 18.2 Å². The molecule has 1 saturated heterocycles. The van der Waals surface area contributed by atoms with Crippen LogP contribution in [0.3, 0.4) is 0 Å². The normalized spacial score (nSPS) is 18.3. The molecular weight excluding hydrogens is 314 g/mol. The van der Waals surface area contributed by atoms with E-state index in [4.69, 9.17) is 16.0 Å². The molecule has 23 heavy (non-hydrogen) atoms. The van der Waals surface area contributed by atoms with Crippen molar-refractivity contribution in [2.24, 2.45) is 4.99 Å². The molecule has 1 unspecified atom stereocenters. The first kappa shape index (κ1) is 15.7. The van der Waals surface area contributed by atoms with Gasteiger partial charge in [-0.1, -0.05) is 11.6 Å². The Bertz CT molecular complexity index is 658. The van der Waals surface area contributed by atoms with Crippen LogP contribution in [0.4, 0.5) is 5.82 Å². The fourth-order valence-corrected chi connectivity index (χ4v) is 2.89. The largest absolute Gasteiger partial charge is 0.472 e. The highest BCUT2D eigenvalue weighted by molar-refractivity contribution is 6.32. The van der Waals surface area contributed by atoms with Crippen molar-refractivity contribution in [2.75, 3.05) is 25.0 Å². The van der Waals surface area contributed by atoms with Crippen molar-refractivity contribution in [3.63, 3.8) is 0 Å². The van der Waals surface area contributed by atoms with Gasteiger partial charge < -0.3 is 20.0 Å². The monoisotopic (exact) mass is 333 g/mol. The number of nitrogens with zero attached hydrogens (tertiary/aromatic N) is 3. The molecule has 122 valence electrons. The van der Waals surface area contributed by atoms with E-state index < -0.39 is 0 Å². The summed E-state index contributed by atoms with van der Waals surface area (Å²) < 4.78 is 5.06. The van der Waals surface area contributed by atoms with E-state index in [-0.39, 0.29) is 0 Å². The molecule has 1 fully saturated rings. The predicted molar refractivity (Wildman–Crippen MR) is 91.9 cm³/mol. The maximum Gasteiger partial charge on any atom is 0.191 e. The molecule has 0 radical (unpaired) electrons. The third-order valence-corrected chi connectivity index (χ3v) is 4.13. The number of guanidine groups is 1. The minimum Gasteiger partial charge on any atom is -0.472 e. The van der Waals surface area contributed by atoms with Gasteiger partial charge in [0.05, 0.1) is 17.5 Å². The van der Waals surface area contributed by atoms with Gasteiger partial charge in [0.15, 0.2) is 5.96 Å². The number of pyridine rings is 1. The number of halogens is 1. The fraction of sp³-hybridized carbons (Fsp3) is 0.375. The van der Waals surface area contributed by atoms with E-state index in [2.05, 4.69) is 25.5 Å². The van der Waals surface area contributed by atoms with Gasteiger partial charge >= 0.3 is 0 Å². The molecule has 0 saturated carbocycles. The highest BCUT2D eigenvalue weighted by atomic mass is 35.5. The van der Waals surface area contributed by atoms with Crippen LogP contribution in [0.2, 0.25) is 5.02 Å². The second-order valence-electron chi connectivity index (χ2n) is 5.44. The molecule has 1 aliphatic heterocycles. The van der Waals surface area contributed by atoms with Gasteiger partial charge in [0.2, 0.25) is 0 Å². The Hall–Kier alpha value is -2.21. The van der Waals surface area contributed by atoms with E-state index >= 15 is 0 Å². The lowest BCUT2D eigenvalue weighted by Gasteiger charge is -2.20. The van der Waals surface area contributed by atoms with E-state index in [1.165, 1.54) is 0 Å². The van der Waals surface area contributed by atoms with E-state index in [9.17, 15) is 0 Å². The van der Waals surface area contributed by atoms with Gasteiger partial charge in [-0.2, -0.15) is 0 Å². The van der Waals surface area contributed by atoms with Crippen LogP contribution in [0.5, 0.6) is 0 Å². The Kier molecular flexibility index (Phi) is 5.02. The maximum atomic E-state index is 6.22. The summed E-state index contributed by atoms with van der Waals surface area (Å²) in [5, 5.41) is 7.42. The van der Waals surface area contributed by atoms with Gasteiger partial charge in [0.1, 0.15) is 5.82 Å². The van der Waals surface area contributed by atoms with Crippen molar-refractivity contribution in [2.45, 2.75) is 19.0 Å². The lowest BCUT2D eigenvalue weighted by atomic mass is 10.3. The Morgan fingerprint density at radius 3 is 3.17 bits per heavy atom. The van der Waals surface area contributed by atoms with Crippen molar-refractivity contribution in [1.82, 2.24) is 15.6 Å². The van der Waals surface area contributed by atoms with E-state index in [1.54, 1.807) is 25.8 Å². The molecule has 2 aromatic rings. The topological polar surface area (TPSA) is 65.7 Å². The molecule has 3 heterocycles. The fourth-order valence-electron chi connectivity index (χ4n) is 2.65. The van der Waals surface area contributed by atoms with Crippen molar-refractivity contribution >= 4 is 23.4 Å². The van der Waals surface area contributed by atoms with Crippen molar-refractivity contribution < 1.29 is 4.42 Å². The highest BCUT2D eigenvalue weighted by Gasteiger charge is 2.25. The summed E-state index contributed by atoms with van der Waals surface area (Å²) in [6.45, 7) is 2.45. The summed E-state index contributed by atoms with van der Waals surface area (Å²) in [5.41, 5.74) is 1.08. The van der Waals surface area contributed by atoms with Crippen LogP contribution < -0.4 is 15.5 Å². The van der Waals surface area contributed by atoms with Crippen molar-refractivity contribution in [1.29, 1.82) is 0 Å². The van der Waals surface area contributed by atoms with Crippen LogP contribution in [0, 0.1) is 0 Å². The molecule has 2 N–H and O–H groups in total. The number of anilines is 1. The number of hydrogen-bond donors (Lipinski definition) is 2. The SMILES string of the molecule is CN=C(NCc1ccoc1)NC1CCN(c2ncccc2Cl)C1. The first-order valence-corrected chi connectivity index (χ1v) is 7.98. The Morgan fingerprint density at radius 2 is 2.43 bits per heavy atom. The molecule has 2 aromatic heterocycles. The first-order valence-electron chi connectivity index (χ1n) is 7.60. The standard InChI is InChI=1S/C16H20ClN5O/c1-18-16(20-9-12-5-8-23-11-12)21-13-4-7-22(10-13)15-14(17)3-2-6-19-15/h2-3,5-6,8,11,13H,4,7,9-10H2,1H3,(H2,18,20,21). The molecule has 1 atom stereocenters. The highest BCUT2D eigenvalue weighted by Crippen LogP contribution is 2.25. The Morgan fingerprint density at radius 1 is 1.52 bits per heavy atom. The summed E-state index contributed by atoms with van der Waals surface area (Å²) in [6, 6.07) is 5.96. The second kappa shape index (κ2) is 7.37. The molecule has 0 amide bonds. The van der Waals surface area contributed by atoms with Gasteiger partial charge in [-0.25, -0.2) is 4.98 Å².